The van der Waals surface area contributed by atoms with Gasteiger partial charge in [0.1, 0.15) is 0 Å². The smallest absolute Gasteiger partial charge is 0.0823 e. The molecule has 16 heavy (non-hydrogen) atoms. The lowest BCUT2D eigenvalue weighted by molar-refractivity contribution is -0.0307. The SMILES string of the molecule is C[C@H]([C@H](C)O)[C@H](O)COCc1ccccc1. The number of hydrogen-bond acceptors (Lipinski definition) is 3. The van der Waals surface area contributed by atoms with Crippen molar-refractivity contribution in [1.29, 1.82) is 0 Å². The Kier molecular flexibility index (Phi) is 5.46. The first-order valence-corrected chi connectivity index (χ1v) is 5.59. The molecule has 1 rings (SSSR count). The van der Waals surface area contributed by atoms with E-state index in [0.29, 0.717) is 6.61 Å². The van der Waals surface area contributed by atoms with Crippen molar-refractivity contribution in [1.82, 2.24) is 0 Å². The Balaban J connectivity index is 2.25. The molecule has 0 saturated heterocycles. The average molecular weight is 224 g/mol. The molecule has 0 spiro atoms. The first kappa shape index (κ1) is 13.2. The fourth-order valence-corrected chi connectivity index (χ4v) is 1.35. The van der Waals surface area contributed by atoms with Crippen molar-refractivity contribution < 1.29 is 14.9 Å². The summed E-state index contributed by atoms with van der Waals surface area (Å²) in [5, 5.41) is 19.0. The molecule has 0 aliphatic heterocycles. The van der Waals surface area contributed by atoms with Crippen molar-refractivity contribution in [3.8, 4) is 0 Å². The summed E-state index contributed by atoms with van der Waals surface area (Å²) in [5.74, 6) is -0.171. The second kappa shape index (κ2) is 6.63. The zero-order chi connectivity index (χ0) is 12.0. The van der Waals surface area contributed by atoms with E-state index in [1.165, 1.54) is 0 Å². The third kappa shape index (κ3) is 4.31. The maximum absolute atomic E-state index is 9.68. The Hall–Kier alpha value is -0.900. The van der Waals surface area contributed by atoms with E-state index in [-0.39, 0.29) is 12.5 Å². The molecule has 0 aliphatic rings. The van der Waals surface area contributed by atoms with Crippen LogP contribution in [0, 0.1) is 5.92 Å². The number of benzene rings is 1. The van der Waals surface area contributed by atoms with Crippen molar-refractivity contribution in [2.24, 2.45) is 5.92 Å². The summed E-state index contributed by atoms with van der Waals surface area (Å²) in [6.45, 7) is 4.22. The van der Waals surface area contributed by atoms with Crippen LogP contribution in [0.3, 0.4) is 0 Å². The van der Waals surface area contributed by atoms with Crippen LogP contribution in [0.2, 0.25) is 0 Å². The van der Waals surface area contributed by atoms with E-state index in [0.717, 1.165) is 5.56 Å². The molecule has 90 valence electrons. The fraction of sp³-hybridized carbons (Fsp3) is 0.538. The van der Waals surface area contributed by atoms with E-state index in [4.69, 9.17) is 4.74 Å². The van der Waals surface area contributed by atoms with E-state index in [1.54, 1.807) is 13.8 Å². The Labute approximate surface area is 96.7 Å². The molecule has 3 nitrogen and oxygen atoms in total. The van der Waals surface area contributed by atoms with Gasteiger partial charge in [-0.2, -0.15) is 0 Å². The van der Waals surface area contributed by atoms with Crippen LogP contribution in [-0.2, 0) is 11.3 Å². The van der Waals surface area contributed by atoms with Gasteiger partial charge in [-0.05, 0) is 12.5 Å². The summed E-state index contributed by atoms with van der Waals surface area (Å²) in [4.78, 5) is 0. The van der Waals surface area contributed by atoms with Gasteiger partial charge in [-0.1, -0.05) is 37.3 Å². The second-order valence-corrected chi connectivity index (χ2v) is 4.17. The van der Waals surface area contributed by atoms with Gasteiger partial charge in [-0.15, -0.1) is 0 Å². The molecular formula is C13H20O3. The largest absolute Gasteiger partial charge is 0.393 e. The lowest BCUT2D eigenvalue weighted by atomic mass is 10.0. The topological polar surface area (TPSA) is 49.7 Å². The van der Waals surface area contributed by atoms with Gasteiger partial charge in [0.05, 0.1) is 25.4 Å². The minimum absolute atomic E-state index is 0.171. The quantitative estimate of drug-likeness (QED) is 0.771. The minimum atomic E-state index is -0.622. The molecule has 1 aromatic carbocycles. The lowest BCUT2D eigenvalue weighted by Crippen LogP contribution is -2.31. The molecule has 0 bridgehead atoms. The minimum Gasteiger partial charge on any atom is -0.393 e. The van der Waals surface area contributed by atoms with Crippen LogP contribution in [0.4, 0.5) is 0 Å². The monoisotopic (exact) mass is 224 g/mol. The lowest BCUT2D eigenvalue weighted by Gasteiger charge is -2.21. The first-order chi connectivity index (χ1) is 7.61. The maximum atomic E-state index is 9.68. The molecule has 0 heterocycles. The van der Waals surface area contributed by atoms with Crippen LogP contribution in [0.15, 0.2) is 30.3 Å². The van der Waals surface area contributed by atoms with Crippen molar-refractivity contribution in [3.63, 3.8) is 0 Å². The summed E-state index contributed by atoms with van der Waals surface area (Å²) in [5.41, 5.74) is 1.08. The number of rotatable bonds is 6. The molecule has 0 saturated carbocycles. The normalized spacial score (nSPS) is 16.8. The van der Waals surface area contributed by atoms with Crippen LogP contribution in [0.5, 0.6) is 0 Å². The molecule has 3 atom stereocenters. The van der Waals surface area contributed by atoms with Gasteiger partial charge >= 0.3 is 0 Å². The van der Waals surface area contributed by atoms with Gasteiger partial charge in [0.25, 0.3) is 0 Å². The molecule has 0 aliphatic carbocycles. The van der Waals surface area contributed by atoms with Crippen molar-refractivity contribution in [2.45, 2.75) is 32.7 Å². The van der Waals surface area contributed by atoms with Gasteiger partial charge in [0.2, 0.25) is 0 Å². The van der Waals surface area contributed by atoms with E-state index in [9.17, 15) is 10.2 Å². The van der Waals surface area contributed by atoms with E-state index in [1.807, 2.05) is 30.3 Å². The van der Waals surface area contributed by atoms with Gasteiger partial charge in [0.15, 0.2) is 0 Å². The predicted molar refractivity (Wildman–Crippen MR) is 62.9 cm³/mol. The fourth-order valence-electron chi connectivity index (χ4n) is 1.35. The highest BCUT2D eigenvalue weighted by Crippen LogP contribution is 2.09. The molecule has 0 fully saturated rings. The number of hydrogen-bond donors (Lipinski definition) is 2. The highest BCUT2D eigenvalue weighted by Gasteiger charge is 2.18. The van der Waals surface area contributed by atoms with Crippen molar-refractivity contribution in [2.75, 3.05) is 6.61 Å². The Morgan fingerprint density at radius 2 is 1.75 bits per heavy atom. The summed E-state index contributed by atoms with van der Waals surface area (Å²) >= 11 is 0. The molecule has 0 unspecified atom stereocenters. The Morgan fingerprint density at radius 1 is 1.12 bits per heavy atom. The molecule has 0 aromatic heterocycles. The predicted octanol–water partition coefficient (Wildman–Crippen LogP) is 1.58. The third-order valence-corrected chi connectivity index (χ3v) is 2.77. The van der Waals surface area contributed by atoms with Crippen LogP contribution in [-0.4, -0.2) is 29.0 Å². The highest BCUT2D eigenvalue weighted by atomic mass is 16.5. The number of aliphatic hydroxyl groups is 2. The van der Waals surface area contributed by atoms with Crippen LogP contribution >= 0.6 is 0 Å². The number of ether oxygens (including phenoxy) is 1. The van der Waals surface area contributed by atoms with Crippen molar-refractivity contribution >= 4 is 0 Å². The van der Waals surface area contributed by atoms with E-state index >= 15 is 0 Å². The molecule has 0 amide bonds. The molecule has 0 radical (unpaired) electrons. The van der Waals surface area contributed by atoms with Crippen LogP contribution in [0.1, 0.15) is 19.4 Å². The third-order valence-electron chi connectivity index (χ3n) is 2.77. The zero-order valence-corrected chi connectivity index (χ0v) is 9.84. The average Bonchev–Trinajstić information content (AvgIpc) is 2.29. The summed E-state index contributed by atoms with van der Waals surface area (Å²) in [7, 11) is 0. The van der Waals surface area contributed by atoms with Crippen LogP contribution in [0.25, 0.3) is 0 Å². The first-order valence-electron chi connectivity index (χ1n) is 5.59. The summed E-state index contributed by atoms with van der Waals surface area (Å²) in [6, 6.07) is 9.81. The van der Waals surface area contributed by atoms with Crippen molar-refractivity contribution in [3.05, 3.63) is 35.9 Å². The molecule has 2 N–H and O–H groups in total. The standard InChI is InChI=1S/C13H20O3/c1-10(11(2)14)13(15)9-16-8-12-6-4-3-5-7-12/h3-7,10-11,13-15H,8-9H2,1-2H3/t10-,11+,13-/m1/s1. The van der Waals surface area contributed by atoms with Gasteiger partial charge in [0, 0.05) is 5.92 Å². The Bertz CT molecular complexity index is 284. The second-order valence-electron chi connectivity index (χ2n) is 4.17. The van der Waals surface area contributed by atoms with Gasteiger partial charge < -0.3 is 14.9 Å². The summed E-state index contributed by atoms with van der Waals surface area (Å²) < 4.78 is 5.39. The zero-order valence-electron chi connectivity index (χ0n) is 9.84. The van der Waals surface area contributed by atoms with Crippen LogP contribution < -0.4 is 0 Å². The van der Waals surface area contributed by atoms with E-state index in [2.05, 4.69) is 0 Å². The van der Waals surface area contributed by atoms with Gasteiger partial charge in [-0.25, -0.2) is 0 Å². The maximum Gasteiger partial charge on any atom is 0.0823 e. The summed E-state index contributed by atoms with van der Waals surface area (Å²) in [6.07, 6.45) is -1.14. The molecule has 1 aromatic rings. The number of aliphatic hydroxyl groups excluding tert-OH is 2. The molecule has 3 heteroatoms. The van der Waals surface area contributed by atoms with Gasteiger partial charge in [-0.3, -0.25) is 0 Å². The Morgan fingerprint density at radius 3 is 2.31 bits per heavy atom. The van der Waals surface area contributed by atoms with E-state index < -0.39 is 12.2 Å². The highest BCUT2D eigenvalue weighted by molar-refractivity contribution is 5.13. The molecular weight excluding hydrogens is 204 g/mol.